The standard InChI is InChI=1S/C14H15F2NO4/c1-21-12-9(15)5-8(6-10(12)16)17-11(18)7-14(13(19)20)3-2-4-14/h5-6H,2-4,7H2,1H3,(H,17,18)(H,19,20). The maximum absolute atomic E-state index is 13.5. The molecule has 0 unspecified atom stereocenters. The number of hydrogen-bond acceptors (Lipinski definition) is 3. The zero-order valence-corrected chi connectivity index (χ0v) is 11.4. The first-order valence-corrected chi connectivity index (χ1v) is 6.44. The predicted octanol–water partition coefficient (Wildman–Crippen LogP) is 2.56. The van der Waals surface area contributed by atoms with Crippen LogP contribution in [0.4, 0.5) is 14.5 Å². The van der Waals surface area contributed by atoms with Crippen molar-refractivity contribution < 1.29 is 28.2 Å². The molecule has 0 spiro atoms. The van der Waals surface area contributed by atoms with E-state index in [1.807, 2.05) is 0 Å². The molecule has 1 aromatic carbocycles. The molecule has 0 aliphatic heterocycles. The van der Waals surface area contributed by atoms with E-state index in [0.717, 1.165) is 25.7 Å². The van der Waals surface area contributed by atoms with Crippen molar-refractivity contribution in [2.45, 2.75) is 25.7 Å². The molecule has 5 nitrogen and oxygen atoms in total. The fourth-order valence-corrected chi connectivity index (χ4v) is 2.41. The summed E-state index contributed by atoms with van der Waals surface area (Å²) in [5, 5.41) is 11.5. The van der Waals surface area contributed by atoms with Gasteiger partial charge in [0.05, 0.1) is 12.5 Å². The summed E-state index contributed by atoms with van der Waals surface area (Å²) in [6, 6.07) is 1.85. The van der Waals surface area contributed by atoms with Gasteiger partial charge in [-0.05, 0) is 12.8 Å². The summed E-state index contributed by atoms with van der Waals surface area (Å²) in [4.78, 5) is 23.0. The third-order valence-corrected chi connectivity index (χ3v) is 3.75. The number of methoxy groups -OCH3 is 1. The molecular formula is C14H15F2NO4. The number of carboxylic acids is 1. The normalized spacial score (nSPS) is 16.0. The van der Waals surface area contributed by atoms with Crippen LogP contribution in [0.15, 0.2) is 12.1 Å². The highest BCUT2D eigenvalue weighted by Crippen LogP contribution is 2.44. The number of carboxylic acid groups (broad SMARTS) is 1. The topological polar surface area (TPSA) is 75.6 Å². The van der Waals surface area contributed by atoms with Crippen LogP contribution in [0, 0.1) is 17.0 Å². The largest absolute Gasteiger partial charge is 0.491 e. The van der Waals surface area contributed by atoms with Gasteiger partial charge in [-0.25, -0.2) is 8.78 Å². The Morgan fingerprint density at radius 2 is 1.90 bits per heavy atom. The Hall–Kier alpha value is -2.18. The summed E-state index contributed by atoms with van der Waals surface area (Å²) in [6.45, 7) is 0. The highest BCUT2D eigenvalue weighted by Gasteiger charge is 2.45. The first-order valence-electron chi connectivity index (χ1n) is 6.44. The van der Waals surface area contributed by atoms with Crippen molar-refractivity contribution >= 4 is 17.6 Å². The van der Waals surface area contributed by atoms with Crippen molar-refractivity contribution in [2.75, 3.05) is 12.4 Å². The number of carbonyl (C=O) groups is 2. The molecule has 0 bridgehead atoms. The number of anilines is 1. The molecule has 0 radical (unpaired) electrons. The lowest BCUT2D eigenvalue weighted by atomic mass is 9.66. The smallest absolute Gasteiger partial charge is 0.310 e. The minimum atomic E-state index is -1.05. The van der Waals surface area contributed by atoms with Crippen LogP contribution in [0.1, 0.15) is 25.7 Å². The van der Waals surface area contributed by atoms with Crippen LogP contribution >= 0.6 is 0 Å². The molecule has 1 aliphatic rings. The summed E-state index contributed by atoms with van der Waals surface area (Å²) in [5.74, 6) is -4.01. The Labute approximate surface area is 119 Å². The minimum Gasteiger partial charge on any atom is -0.491 e. The second kappa shape index (κ2) is 5.67. The number of rotatable bonds is 5. The third-order valence-electron chi connectivity index (χ3n) is 3.75. The molecule has 7 heteroatoms. The Balaban J connectivity index is 2.08. The summed E-state index contributed by atoms with van der Waals surface area (Å²) in [7, 11) is 1.13. The molecule has 1 aliphatic carbocycles. The van der Waals surface area contributed by atoms with Gasteiger partial charge in [0.2, 0.25) is 5.91 Å². The summed E-state index contributed by atoms with van der Waals surface area (Å²) in [6.07, 6.45) is 1.41. The number of halogens is 2. The van der Waals surface area contributed by atoms with E-state index in [0.29, 0.717) is 12.8 Å². The lowest BCUT2D eigenvalue weighted by Crippen LogP contribution is -2.41. The van der Waals surface area contributed by atoms with Crippen LogP contribution in [0.3, 0.4) is 0 Å². The van der Waals surface area contributed by atoms with Crippen LogP contribution in [-0.4, -0.2) is 24.1 Å². The van der Waals surface area contributed by atoms with Crippen molar-refractivity contribution in [2.24, 2.45) is 5.41 Å². The fraction of sp³-hybridized carbons (Fsp3) is 0.429. The number of amides is 1. The number of carbonyl (C=O) groups excluding carboxylic acids is 1. The molecule has 0 saturated heterocycles. The maximum Gasteiger partial charge on any atom is 0.310 e. The summed E-state index contributed by atoms with van der Waals surface area (Å²) in [5.41, 5.74) is -1.12. The highest BCUT2D eigenvalue weighted by molar-refractivity contribution is 5.94. The Morgan fingerprint density at radius 1 is 1.33 bits per heavy atom. The highest BCUT2D eigenvalue weighted by atomic mass is 19.1. The van der Waals surface area contributed by atoms with Crippen molar-refractivity contribution in [3.8, 4) is 5.75 Å². The molecule has 0 heterocycles. The quantitative estimate of drug-likeness (QED) is 0.876. The molecular weight excluding hydrogens is 284 g/mol. The lowest BCUT2D eigenvalue weighted by Gasteiger charge is -2.36. The van der Waals surface area contributed by atoms with Gasteiger partial charge in [-0.15, -0.1) is 0 Å². The van der Waals surface area contributed by atoms with Crippen molar-refractivity contribution in [3.63, 3.8) is 0 Å². The molecule has 2 N–H and O–H groups in total. The number of hydrogen-bond donors (Lipinski definition) is 2. The zero-order valence-electron chi connectivity index (χ0n) is 11.4. The van der Waals surface area contributed by atoms with E-state index in [9.17, 15) is 18.4 Å². The third kappa shape index (κ3) is 2.96. The Bertz CT molecular complexity index is 561. The van der Waals surface area contributed by atoms with Gasteiger partial charge in [-0.1, -0.05) is 6.42 Å². The molecule has 1 fully saturated rings. The summed E-state index contributed by atoms with van der Waals surface area (Å²) >= 11 is 0. The van der Waals surface area contributed by atoms with Crippen LogP contribution in [0.25, 0.3) is 0 Å². The van der Waals surface area contributed by atoms with Crippen LogP contribution < -0.4 is 10.1 Å². The number of ether oxygens (including phenoxy) is 1. The first kappa shape index (κ1) is 15.2. The van der Waals surface area contributed by atoms with E-state index < -0.39 is 34.7 Å². The second-order valence-electron chi connectivity index (χ2n) is 5.14. The molecule has 2 rings (SSSR count). The van der Waals surface area contributed by atoms with E-state index in [-0.39, 0.29) is 12.1 Å². The van der Waals surface area contributed by atoms with Gasteiger partial charge < -0.3 is 15.2 Å². The SMILES string of the molecule is COc1c(F)cc(NC(=O)CC2(C(=O)O)CCC2)cc1F. The van der Waals surface area contributed by atoms with Crippen LogP contribution in [0.2, 0.25) is 0 Å². The van der Waals surface area contributed by atoms with Crippen molar-refractivity contribution in [3.05, 3.63) is 23.8 Å². The van der Waals surface area contributed by atoms with Gasteiger partial charge in [0.15, 0.2) is 17.4 Å². The van der Waals surface area contributed by atoms with E-state index in [1.165, 1.54) is 0 Å². The monoisotopic (exact) mass is 299 g/mol. The Kier molecular flexibility index (Phi) is 4.11. The Morgan fingerprint density at radius 3 is 2.29 bits per heavy atom. The fourth-order valence-electron chi connectivity index (χ4n) is 2.41. The number of nitrogens with one attached hydrogen (secondary N) is 1. The minimum absolute atomic E-state index is 0.0735. The average Bonchev–Trinajstić information content (AvgIpc) is 2.33. The van der Waals surface area contributed by atoms with Gasteiger partial charge in [0.1, 0.15) is 0 Å². The number of benzene rings is 1. The molecule has 21 heavy (non-hydrogen) atoms. The van der Waals surface area contributed by atoms with Crippen molar-refractivity contribution in [1.82, 2.24) is 0 Å². The predicted molar refractivity (Wildman–Crippen MR) is 70.1 cm³/mol. The van der Waals surface area contributed by atoms with Gasteiger partial charge in [0.25, 0.3) is 0 Å². The molecule has 1 amide bonds. The molecule has 0 atom stereocenters. The van der Waals surface area contributed by atoms with Gasteiger partial charge in [0, 0.05) is 24.2 Å². The van der Waals surface area contributed by atoms with Gasteiger partial charge >= 0.3 is 5.97 Å². The van der Waals surface area contributed by atoms with Crippen LogP contribution in [0.5, 0.6) is 5.75 Å². The maximum atomic E-state index is 13.5. The van der Waals surface area contributed by atoms with E-state index in [1.54, 1.807) is 0 Å². The molecule has 1 saturated carbocycles. The number of aliphatic carboxylic acids is 1. The average molecular weight is 299 g/mol. The first-order chi connectivity index (χ1) is 9.88. The molecule has 1 aromatic rings. The van der Waals surface area contributed by atoms with Crippen LogP contribution in [-0.2, 0) is 9.59 Å². The zero-order chi connectivity index (χ0) is 15.6. The molecule has 0 aromatic heterocycles. The van der Waals surface area contributed by atoms with Gasteiger partial charge in [-0.3, -0.25) is 9.59 Å². The van der Waals surface area contributed by atoms with E-state index >= 15 is 0 Å². The van der Waals surface area contributed by atoms with E-state index in [4.69, 9.17) is 5.11 Å². The lowest BCUT2D eigenvalue weighted by molar-refractivity contribution is -0.157. The van der Waals surface area contributed by atoms with Gasteiger partial charge in [-0.2, -0.15) is 0 Å². The summed E-state index contributed by atoms with van der Waals surface area (Å²) < 4.78 is 31.5. The van der Waals surface area contributed by atoms with Crippen molar-refractivity contribution in [1.29, 1.82) is 0 Å². The molecule has 114 valence electrons. The van der Waals surface area contributed by atoms with E-state index in [2.05, 4.69) is 10.1 Å². The second-order valence-corrected chi connectivity index (χ2v) is 5.14.